The number of aromatic nitrogens is 1. The Morgan fingerprint density at radius 1 is 1.26 bits per heavy atom. The van der Waals surface area contributed by atoms with Gasteiger partial charge in [-0.15, -0.1) is 0 Å². The second kappa shape index (κ2) is 6.92. The minimum absolute atomic E-state index is 0.0798. The van der Waals surface area contributed by atoms with Gasteiger partial charge in [-0.3, -0.25) is 14.6 Å². The molecule has 2 aromatic rings. The van der Waals surface area contributed by atoms with Gasteiger partial charge >= 0.3 is 5.97 Å². The molecule has 4 rings (SSSR count). The van der Waals surface area contributed by atoms with Gasteiger partial charge in [0.25, 0.3) is 0 Å². The molecule has 0 aliphatic carbocycles. The summed E-state index contributed by atoms with van der Waals surface area (Å²) < 4.78 is 23.5. The Morgan fingerprint density at radius 3 is 2.63 bits per heavy atom. The number of carbonyl (C=O) groups is 1. The Bertz CT molecular complexity index is 960. The average molecular weight is 391 g/mol. The Morgan fingerprint density at radius 2 is 2.00 bits per heavy atom. The molecule has 2 N–H and O–H groups in total. The molecule has 0 unspecified atom stereocenters. The van der Waals surface area contributed by atoms with Gasteiger partial charge in [-0.2, -0.15) is 0 Å². The lowest BCUT2D eigenvalue weighted by atomic mass is 10.0. The monoisotopic (exact) mass is 391 g/mol. The highest BCUT2D eigenvalue weighted by atomic mass is 32.2. The minimum Gasteiger partial charge on any atom is -0.480 e. The van der Waals surface area contributed by atoms with Gasteiger partial charge in [0.1, 0.15) is 6.04 Å². The zero-order chi connectivity index (χ0) is 19.2. The molecule has 1 aromatic carbocycles. The minimum atomic E-state index is -2.91. The van der Waals surface area contributed by atoms with Crippen LogP contribution in [0.2, 0.25) is 0 Å². The summed E-state index contributed by atoms with van der Waals surface area (Å²) in [5, 5.41) is 10.9. The summed E-state index contributed by atoms with van der Waals surface area (Å²) in [4.78, 5) is 19.5. The van der Waals surface area contributed by atoms with Crippen LogP contribution >= 0.6 is 0 Å². The first kappa shape index (κ1) is 18.5. The summed E-state index contributed by atoms with van der Waals surface area (Å²) in [6, 6.07) is 5.39. The number of fused-ring (bicyclic) bond motifs is 1. The lowest BCUT2D eigenvalue weighted by Gasteiger charge is -2.40. The van der Waals surface area contributed by atoms with E-state index in [1.807, 2.05) is 30.0 Å². The fraction of sp³-hybridized carbons (Fsp3) is 0.526. The maximum absolute atomic E-state index is 12.1. The summed E-state index contributed by atoms with van der Waals surface area (Å²) in [7, 11) is -2.91. The fourth-order valence-electron chi connectivity index (χ4n) is 4.39. The number of hydrogen-bond donors (Lipinski definition) is 2. The maximum atomic E-state index is 12.1. The molecule has 2 saturated heterocycles. The Hall–Kier alpha value is -1.90. The lowest BCUT2D eigenvalue weighted by Crippen LogP contribution is -2.52. The largest absolute Gasteiger partial charge is 0.480 e. The van der Waals surface area contributed by atoms with Gasteiger partial charge in [-0.1, -0.05) is 11.6 Å². The highest BCUT2D eigenvalue weighted by Crippen LogP contribution is 2.31. The first-order valence-electron chi connectivity index (χ1n) is 9.33. The SMILES string of the molecule is Cc1ccc2[nH]cc([C@@H](C(=O)O)N3CCN([C@@H]4CCS(=O)(=O)C4)CC3)c2c1. The van der Waals surface area contributed by atoms with Crippen LogP contribution in [0.1, 0.15) is 23.6 Å². The maximum Gasteiger partial charge on any atom is 0.325 e. The molecule has 8 heteroatoms. The Kier molecular flexibility index (Phi) is 4.73. The van der Waals surface area contributed by atoms with E-state index in [-0.39, 0.29) is 17.5 Å². The molecule has 7 nitrogen and oxygen atoms in total. The number of rotatable bonds is 4. The van der Waals surface area contributed by atoms with Crippen LogP contribution in [0, 0.1) is 6.92 Å². The van der Waals surface area contributed by atoms with Gasteiger partial charge in [0.2, 0.25) is 0 Å². The molecule has 0 saturated carbocycles. The van der Waals surface area contributed by atoms with Crippen molar-refractivity contribution in [2.24, 2.45) is 0 Å². The fourth-order valence-corrected chi connectivity index (χ4v) is 6.15. The molecule has 0 spiro atoms. The van der Waals surface area contributed by atoms with Gasteiger partial charge in [0, 0.05) is 54.9 Å². The van der Waals surface area contributed by atoms with Gasteiger partial charge in [0.05, 0.1) is 11.5 Å². The number of aliphatic carboxylic acids is 1. The van der Waals surface area contributed by atoms with Crippen molar-refractivity contribution in [1.82, 2.24) is 14.8 Å². The van der Waals surface area contributed by atoms with Crippen molar-refractivity contribution in [3.05, 3.63) is 35.5 Å². The van der Waals surface area contributed by atoms with Crippen molar-refractivity contribution < 1.29 is 18.3 Å². The van der Waals surface area contributed by atoms with Crippen molar-refractivity contribution in [3.8, 4) is 0 Å². The number of aryl methyl sites for hydroxylation is 1. The van der Waals surface area contributed by atoms with Crippen LogP contribution in [-0.2, 0) is 14.6 Å². The molecule has 146 valence electrons. The summed E-state index contributed by atoms with van der Waals surface area (Å²) in [5.74, 6) is -0.351. The van der Waals surface area contributed by atoms with E-state index in [1.165, 1.54) is 0 Å². The van der Waals surface area contributed by atoms with E-state index >= 15 is 0 Å². The summed E-state index contributed by atoms with van der Waals surface area (Å²) in [6.45, 7) is 4.63. The number of hydrogen-bond acceptors (Lipinski definition) is 5. The highest BCUT2D eigenvalue weighted by Gasteiger charge is 2.37. The number of carboxylic acid groups (broad SMARTS) is 1. The van der Waals surface area contributed by atoms with Crippen molar-refractivity contribution in [3.63, 3.8) is 0 Å². The Balaban J connectivity index is 1.52. The zero-order valence-corrected chi connectivity index (χ0v) is 16.2. The number of sulfone groups is 1. The topological polar surface area (TPSA) is 93.7 Å². The number of benzene rings is 1. The second-order valence-corrected chi connectivity index (χ2v) is 9.89. The molecule has 2 aliphatic rings. The van der Waals surface area contributed by atoms with Crippen LogP contribution in [-0.4, -0.2) is 78.0 Å². The molecular weight excluding hydrogens is 366 g/mol. The molecule has 0 radical (unpaired) electrons. The summed E-state index contributed by atoms with van der Waals surface area (Å²) in [6.07, 6.45) is 2.49. The normalized spacial score (nSPS) is 25.0. The van der Waals surface area contributed by atoms with Crippen molar-refractivity contribution in [2.75, 3.05) is 37.7 Å². The highest BCUT2D eigenvalue weighted by molar-refractivity contribution is 7.91. The molecular formula is C19H25N3O4S. The molecule has 3 heterocycles. The first-order valence-corrected chi connectivity index (χ1v) is 11.2. The average Bonchev–Trinajstić information content (AvgIpc) is 3.19. The van der Waals surface area contributed by atoms with E-state index in [0.29, 0.717) is 32.6 Å². The van der Waals surface area contributed by atoms with E-state index in [9.17, 15) is 18.3 Å². The lowest BCUT2D eigenvalue weighted by molar-refractivity contribution is -0.144. The van der Waals surface area contributed by atoms with Crippen LogP contribution in [0.3, 0.4) is 0 Å². The summed E-state index contributed by atoms with van der Waals surface area (Å²) in [5.41, 5.74) is 2.83. The third-order valence-corrected chi connectivity index (χ3v) is 7.59. The smallest absolute Gasteiger partial charge is 0.325 e. The van der Waals surface area contributed by atoms with Gasteiger partial charge in [-0.05, 0) is 25.5 Å². The van der Waals surface area contributed by atoms with E-state index < -0.39 is 21.8 Å². The standard InChI is InChI=1S/C19H25N3O4S/c1-13-2-3-17-15(10-13)16(11-20-17)18(19(23)24)22-7-5-21(6-8-22)14-4-9-27(25,26)12-14/h2-3,10-11,14,18,20H,4-9,12H2,1H3,(H,23,24)/t14-,18+/m1/s1. The van der Waals surface area contributed by atoms with Crippen molar-refractivity contribution in [2.45, 2.75) is 25.4 Å². The van der Waals surface area contributed by atoms with Crippen LogP contribution in [0.4, 0.5) is 0 Å². The van der Waals surface area contributed by atoms with Crippen LogP contribution in [0.15, 0.2) is 24.4 Å². The Labute approximate surface area is 158 Å². The van der Waals surface area contributed by atoms with Crippen LogP contribution in [0.25, 0.3) is 10.9 Å². The molecule has 0 bridgehead atoms. The van der Waals surface area contributed by atoms with E-state index in [0.717, 1.165) is 22.0 Å². The van der Waals surface area contributed by atoms with E-state index in [4.69, 9.17) is 0 Å². The van der Waals surface area contributed by atoms with Gasteiger partial charge < -0.3 is 10.1 Å². The molecule has 0 amide bonds. The van der Waals surface area contributed by atoms with E-state index in [2.05, 4.69) is 9.88 Å². The quantitative estimate of drug-likeness (QED) is 0.818. The van der Waals surface area contributed by atoms with Crippen molar-refractivity contribution >= 4 is 26.7 Å². The number of nitrogens with one attached hydrogen (secondary N) is 1. The number of carboxylic acids is 1. The van der Waals surface area contributed by atoms with Crippen LogP contribution < -0.4 is 0 Å². The predicted octanol–water partition coefficient (Wildman–Crippen LogP) is 1.41. The number of nitrogens with zero attached hydrogens (tertiary/aromatic N) is 2. The molecule has 2 atom stereocenters. The van der Waals surface area contributed by atoms with Gasteiger partial charge in [0.15, 0.2) is 9.84 Å². The molecule has 27 heavy (non-hydrogen) atoms. The third kappa shape index (κ3) is 3.61. The number of H-pyrrole nitrogens is 1. The molecule has 2 aliphatic heterocycles. The summed E-state index contributed by atoms with van der Waals surface area (Å²) >= 11 is 0. The van der Waals surface area contributed by atoms with Gasteiger partial charge in [-0.25, -0.2) is 8.42 Å². The first-order chi connectivity index (χ1) is 12.8. The molecule has 2 fully saturated rings. The number of piperazine rings is 1. The number of aromatic amines is 1. The molecule has 1 aromatic heterocycles. The predicted molar refractivity (Wildman–Crippen MR) is 104 cm³/mol. The third-order valence-electron chi connectivity index (χ3n) is 5.84. The van der Waals surface area contributed by atoms with E-state index in [1.54, 1.807) is 6.20 Å². The second-order valence-electron chi connectivity index (χ2n) is 7.66. The van der Waals surface area contributed by atoms with Crippen molar-refractivity contribution in [1.29, 1.82) is 0 Å². The van der Waals surface area contributed by atoms with Crippen LogP contribution in [0.5, 0.6) is 0 Å². The zero-order valence-electron chi connectivity index (χ0n) is 15.4.